The average molecular weight is 341 g/mol. The largest absolute Gasteiger partial charge is 0.469 e. The fraction of sp³-hybridized carbons (Fsp3) is 0.231. The molecular weight excluding hydrogens is 329 g/mol. The van der Waals surface area contributed by atoms with Crippen molar-refractivity contribution in [2.24, 2.45) is 0 Å². The van der Waals surface area contributed by atoms with Gasteiger partial charge < -0.3 is 4.74 Å². The van der Waals surface area contributed by atoms with Crippen molar-refractivity contribution in [2.75, 3.05) is 7.11 Å². The van der Waals surface area contributed by atoms with Gasteiger partial charge in [0, 0.05) is 14.7 Å². The molecule has 0 radical (unpaired) electrons. The van der Waals surface area contributed by atoms with Gasteiger partial charge in [-0.1, -0.05) is 0 Å². The lowest BCUT2D eigenvalue weighted by atomic mass is 10.1. The highest BCUT2D eigenvalue weighted by atomic mass is 127. The number of pyridine rings is 1. The van der Waals surface area contributed by atoms with E-state index in [4.69, 9.17) is 4.74 Å². The molecule has 3 nitrogen and oxygen atoms in total. The number of hydrogen-bond acceptors (Lipinski definition) is 3. The minimum Gasteiger partial charge on any atom is -0.469 e. The fourth-order valence-electron chi connectivity index (χ4n) is 1.79. The Morgan fingerprint density at radius 2 is 2.18 bits per heavy atom. The quantitative estimate of drug-likeness (QED) is 0.623. The number of nitrogens with zero attached hydrogens (tertiary/aromatic N) is 1. The summed E-state index contributed by atoms with van der Waals surface area (Å²) in [5.41, 5.74) is 2.81. The summed E-state index contributed by atoms with van der Waals surface area (Å²) in [6.07, 6.45) is 0.288. The van der Waals surface area contributed by atoms with E-state index in [0.29, 0.717) is 0 Å². The van der Waals surface area contributed by atoms with Crippen molar-refractivity contribution < 1.29 is 9.53 Å². The van der Waals surface area contributed by atoms with E-state index in [0.717, 1.165) is 25.7 Å². The second kappa shape index (κ2) is 5.00. The first-order valence-electron chi connectivity index (χ1n) is 5.23. The number of halogens is 1. The van der Waals surface area contributed by atoms with E-state index >= 15 is 0 Å². The summed E-state index contributed by atoms with van der Waals surface area (Å²) in [5.74, 6) is -0.226. The molecule has 1 aromatic heterocycles. The van der Waals surface area contributed by atoms with E-state index in [9.17, 15) is 4.79 Å². The van der Waals surface area contributed by atoms with Gasteiger partial charge >= 0.3 is 5.97 Å². The van der Waals surface area contributed by atoms with Crippen LogP contribution in [0.2, 0.25) is 0 Å². The van der Waals surface area contributed by atoms with Crippen molar-refractivity contribution in [3.8, 4) is 0 Å². The maximum absolute atomic E-state index is 11.4. The van der Waals surface area contributed by atoms with Crippen LogP contribution >= 0.6 is 22.6 Å². The summed E-state index contributed by atoms with van der Waals surface area (Å²) in [6, 6.07) is 7.97. The van der Waals surface area contributed by atoms with Crippen LogP contribution in [0.4, 0.5) is 0 Å². The van der Waals surface area contributed by atoms with E-state index in [1.54, 1.807) is 0 Å². The molecule has 2 rings (SSSR count). The van der Waals surface area contributed by atoms with Gasteiger partial charge in [-0.25, -0.2) is 0 Å². The third-order valence-corrected chi connectivity index (χ3v) is 3.22. The van der Waals surface area contributed by atoms with Crippen LogP contribution in [0.1, 0.15) is 11.3 Å². The molecule has 0 aliphatic rings. The first-order chi connectivity index (χ1) is 8.10. The van der Waals surface area contributed by atoms with E-state index < -0.39 is 0 Å². The minimum atomic E-state index is -0.226. The van der Waals surface area contributed by atoms with Crippen LogP contribution in [-0.2, 0) is 16.0 Å². The van der Waals surface area contributed by atoms with Crippen molar-refractivity contribution in [3.05, 3.63) is 39.1 Å². The molecule has 17 heavy (non-hydrogen) atoms. The zero-order valence-electron chi connectivity index (χ0n) is 9.66. The number of ether oxygens (including phenoxy) is 1. The van der Waals surface area contributed by atoms with Crippen LogP contribution in [0.25, 0.3) is 10.9 Å². The molecule has 88 valence electrons. The van der Waals surface area contributed by atoms with Gasteiger partial charge in [-0.3, -0.25) is 9.78 Å². The summed E-state index contributed by atoms with van der Waals surface area (Å²) in [7, 11) is 1.41. The standard InChI is InChI=1S/C13H12INO2/c1-8-5-9(6-13(16)17-2)11-7-10(14)3-4-12(11)15-8/h3-5,7H,6H2,1-2H3. The Kier molecular flexibility index (Phi) is 3.61. The highest BCUT2D eigenvalue weighted by Gasteiger charge is 2.09. The molecule has 0 aliphatic carbocycles. The maximum Gasteiger partial charge on any atom is 0.310 e. The van der Waals surface area contributed by atoms with Crippen LogP contribution in [0.15, 0.2) is 24.3 Å². The Hall–Kier alpha value is -1.17. The van der Waals surface area contributed by atoms with Gasteiger partial charge in [0.1, 0.15) is 0 Å². The number of hydrogen-bond donors (Lipinski definition) is 0. The van der Waals surface area contributed by atoms with Crippen LogP contribution in [0, 0.1) is 10.5 Å². The van der Waals surface area contributed by atoms with E-state index in [1.807, 2.05) is 31.2 Å². The molecule has 0 saturated carbocycles. The predicted octanol–water partition coefficient (Wildman–Crippen LogP) is 2.86. The van der Waals surface area contributed by atoms with E-state index in [2.05, 4.69) is 27.6 Å². The minimum absolute atomic E-state index is 0.226. The molecule has 0 N–H and O–H groups in total. The Morgan fingerprint density at radius 1 is 1.41 bits per heavy atom. The number of methoxy groups -OCH3 is 1. The van der Waals surface area contributed by atoms with Crippen molar-refractivity contribution in [1.29, 1.82) is 0 Å². The summed E-state index contributed by atoms with van der Waals surface area (Å²) in [4.78, 5) is 15.8. The molecule has 1 heterocycles. The molecule has 4 heteroatoms. The molecule has 0 saturated heterocycles. The Bertz CT molecular complexity index is 581. The summed E-state index contributed by atoms with van der Waals surface area (Å²) in [6.45, 7) is 1.93. The average Bonchev–Trinajstić information content (AvgIpc) is 2.29. The molecule has 0 spiro atoms. The third kappa shape index (κ3) is 2.74. The zero-order valence-corrected chi connectivity index (χ0v) is 11.8. The van der Waals surface area contributed by atoms with Gasteiger partial charge in [0.2, 0.25) is 0 Å². The van der Waals surface area contributed by atoms with Crippen LogP contribution in [0.5, 0.6) is 0 Å². The summed E-state index contributed by atoms with van der Waals surface area (Å²) >= 11 is 2.25. The molecule has 0 amide bonds. The number of aryl methyl sites for hydroxylation is 1. The number of carbonyl (C=O) groups excluding carboxylic acids is 1. The third-order valence-electron chi connectivity index (χ3n) is 2.55. The monoisotopic (exact) mass is 341 g/mol. The van der Waals surface area contributed by atoms with Crippen LogP contribution in [0.3, 0.4) is 0 Å². The smallest absolute Gasteiger partial charge is 0.310 e. The molecule has 0 atom stereocenters. The number of esters is 1. The summed E-state index contributed by atoms with van der Waals surface area (Å²) in [5, 5.41) is 1.02. The van der Waals surface area contributed by atoms with Gasteiger partial charge in [0.05, 0.1) is 19.0 Å². The van der Waals surface area contributed by atoms with Gasteiger partial charge in [-0.05, 0) is 59.3 Å². The van der Waals surface area contributed by atoms with Crippen molar-refractivity contribution in [1.82, 2.24) is 4.98 Å². The normalized spacial score (nSPS) is 10.5. The molecule has 0 unspecified atom stereocenters. The second-order valence-corrected chi connectivity index (χ2v) is 5.08. The van der Waals surface area contributed by atoms with Gasteiger partial charge in [-0.15, -0.1) is 0 Å². The van der Waals surface area contributed by atoms with Gasteiger partial charge in [-0.2, -0.15) is 0 Å². The molecule has 0 bridgehead atoms. The number of fused-ring (bicyclic) bond motifs is 1. The lowest BCUT2D eigenvalue weighted by Crippen LogP contribution is -2.05. The Labute approximate surface area is 113 Å². The number of rotatable bonds is 2. The lowest BCUT2D eigenvalue weighted by Gasteiger charge is -2.07. The molecule has 1 aromatic carbocycles. The molecule has 0 aliphatic heterocycles. The number of carbonyl (C=O) groups is 1. The second-order valence-electron chi connectivity index (χ2n) is 3.84. The van der Waals surface area contributed by atoms with Crippen molar-refractivity contribution in [2.45, 2.75) is 13.3 Å². The Morgan fingerprint density at radius 3 is 2.88 bits per heavy atom. The van der Waals surface area contributed by atoms with Crippen LogP contribution in [-0.4, -0.2) is 18.1 Å². The van der Waals surface area contributed by atoms with Crippen molar-refractivity contribution >= 4 is 39.5 Å². The number of benzene rings is 1. The first kappa shape index (κ1) is 12.3. The molecule has 0 fully saturated rings. The topological polar surface area (TPSA) is 39.2 Å². The zero-order chi connectivity index (χ0) is 12.4. The maximum atomic E-state index is 11.4. The lowest BCUT2D eigenvalue weighted by molar-refractivity contribution is -0.139. The van der Waals surface area contributed by atoms with Crippen molar-refractivity contribution in [3.63, 3.8) is 0 Å². The molecular formula is C13H12INO2. The highest BCUT2D eigenvalue weighted by molar-refractivity contribution is 14.1. The van der Waals surface area contributed by atoms with E-state index in [-0.39, 0.29) is 12.4 Å². The predicted molar refractivity (Wildman–Crippen MR) is 74.9 cm³/mol. The van der Waals surface area contributed by atoms with E-state index in [1.165, 1.54) is 7.11 Å². The fourth-order valence-corrected chi connectivity index (χ4v) is 2.28. The highest BCUT2D eigenvalue weighted by Crippen LogP contribution is 2.21. The SMILES string of the molecule is COC(=O)Cc1cc(C)nc2ccc(I)cc12. The number of aromatic nitrogens is 1. The summed E-state index contributed by atoms with van der Waals surface area (Å²) < 4.78 is 5.84. The van der Waals surface area contributed by atoms with Gasteiger partial charge in [0.15, 0.2) is 0 Å². The Balaban J connectivity index is 2.59. The molecule has 2 aromatic rings. The van der Waals surface area contributed by atoms with Gasteiger partial charge in [0.25, 0.3) is 0 Å². The first-order valence-corrected chi connectivity index (χ1v) is 6.30. The van der Waals surface area contributed by atoms with Crippen LogP contribution < -0.4 is 0 Å².